The summed E-state index contributed by atoms with van der Waals surface area (Å²) in [6, 6.07) is 11.5. The van der Waals surface area contributed by atoms with Gasteiger partial charge >= 0.3 is 0 Å². The van der Waals surface area contributed by atoms with Crippen LogP contribution in [-0.4, -0.2) is 23.7 Å². The number of halogens is 4. The Labute approximate surface area is 182 Å². The van der Waals surface area contributed by atoms with Gasteiger partial charge in [-0.3, -0.25) is 9.78 Å². The topological polar surface area (TPSA) is 80.4 Å². The molecule has 3 aromatic rings. The van der Waals surface area contributed by atoms with Crippen LogP contribution in [0.25, 0.3) is 0 Å². The van der Waals surface area contributed by atoms with Crippen molar-refractivity contribution >= 4 is 12.1 Å². The Morgan fingerprint density at radius 3 is 2.41 bits per heavy atom. The molecule has 0 bridgehead atoms. The Morgan fingerprint density at radius 1 is 1.12 bits per heavy atom. The normalized spacial score (nSPS) is 12.7. The molecular formula is C23H20F4N4O. The van der Waals surface area contributed by atoms with Gasteiger partial charge < -0.3 is 11.2 Å². The lowest BCUT2D eigenvalue weighted by Gasteiger charge is -2.27. The van der Waals surface area contributed by atoms with E-state index in [0.717, 1.165) is 36.3 Å². The third-order valence-corrected chi connectivity index (χ3v) is 4.94. The highest BCUT2D eigenvalue weighted by atomic mass is 19.3. The Morgan fingerprint density at radius 2 is 1.81 bits per heavy atom. The molecule has 0 amide bonds. The zero-order valence-electron chi connectivity index (χ0n) is 17.0. The first-order valence-corrected chi connectivity index (χ1v) is 9.59. The number of alkyl halides is 2. The number of rotatable bonds is 8. The molecule has 0 aliphatic heterocycles. The molecule has 0 spiro atoms. The van der Waals surface area contributed by atoms with Crippen molar-refractivity contribution in [2.45, 2.75) is 18.8 Å². The molecule has 0 aliphatic rings. The van der Waals surface area contributed by atoms with Gasteiger partial charge in [0.15, 0.2) is 5.78 Å². The summed E-state index contributed by atoms with van der Waals surface area (Å²) in [7, 11) is 0. The van der Waals surface area contributed by atoms with Gasteiger partial charge in [0.2, 0.25) is 0 Å². The van der Waals surface area contributed by atoms with Gasteiger partial charge in [0, 0.05) is 29.9 Å². The molecule has 3 rings (SSSR count). The standard InChI is InChI=1S/C23H20F4N4O/c1-14-2-4-15(5-3-14)22(32)16-6-9-21(30-11-16)23(26,27)19(12-29-13-31-28)18-8-7-17(24)10-20(18)25/h2-11,13,19H,12,28H2,1H3,(H,29,31). The number of hydrogen-bond acceptors (Lipinski definition) is 4. The maximum atomic E-state index is 15.4. The molecule has 1 atom stereocenters. The first-order valence-electron chi connectivity index (χ1n) is 9.59. The molecule has 1 unspecified atom stereocenters. The molecule has 0 radical (unpaired) electrons. The predicted octanol–water partition coefficient (Wildman–Crippen LogP) is 4.27. The number of aryl methyl sites for hydroxylation is 1. The van der Waals surface area contributed by atoms with E-state index < -0.39 is 41.3 Å². The summed E-state index contributed by atoms with van der Waals surface area (Å²) in [5, 5.41) is 5.64. The number of benzene rings is 2. The number of hydrazone groups is 1. The largest absolute Gasteiger partial charge is 0.374 e. The van der Waals surface area contributed by atoms with Crippen molar-refractivity contribution in [2.75, 3.05) is 6.54 Å². The van der Waals surface area contributed by atoms with E-state index in [0.29, 0.717) is 11.6 Å². The number of carbonyl (C=O) groups is 1. The van der Waals surface area contributed by atoms with E-state index in [1.165, 1.54) is 6.07 Å². The Balaban J connectivity index is 1.93. The predicted molar refractivity (Wildman–Crippen MR) is 113 cm³/mol. The highest BCUT2D eigenvalue weighted by Crippen LogP contribution is 2.42. The van der Waals surface area contributed by atoms with Gasteiger partial charge in [0.1, 0.15) is 23.7 Å². The summed E-state index contributed by atoms with van der Waals surface area (Å²) in [6.07, 6.45) is 2.04. The Hall–Kier alpha value is -3.75. The lowest BCUT2D eigenvalue weighted by molar-refractivity contribution is -0.0377. The minimum absolute atomic E-state index is 0.131. The van der Waals surface area contributed by atoms with Crippen molar-refractivity contribution in [3.05, 3.63) is 100 Å². The van der Waals surface area contributed by atoms with Crippen LogP contribution in [0.4, 0.5) is 17.6 Å². The second-order valence-corrected chi connectivity index (χ2v) is 7.16. The van der Waals surface area contributed by atoms with E-state index in [1.807, 2.05) is 6.92 Å². The summed E-state index contributed by atoms with van der Waals surface area (Å²) in [5.74, 6) is -2.82. The molecule has 1 aromatic heterocycles. The lowest BCUT2D eigenvalue weighted by atomic mass is 9.89. The molecule has 9 heteroatoms. The summed E-state index contributed by atoms with van der Waals surface area (Å²) >= 11 is 0. The van der Waals surface area contributed by atoms with Gasteiger partial charge in [-0.1, -0.05) is 35.9 Å². The van der Waals surface area contributed by atoms with Crippen LogP contribution in [-0.2, 0) is 5.92 Å². The quantitative estimate of drug-likeness (QED) is 0.136. The summed E-state index contributed by atoms with van der Waals surface area (Å²) in [5.41, 5.74) is 0.427. The highest BCUT2D eigenvalue weighted by molar-refractivity contribution is 6.08. The molecule has 166 valence electrons. The molecule has 1 heterocycles. The van der Waals surface area contributed by atoms with E-state index in [-0.39, 0.29) is 11.3 Å². The van der Waals surface area contributed by atoms with Crippen molar-refractivity contribution in [3.63, 3.8) is 0 Å². The average Bonchev–Trinajstić information content (AvgIpc) is 2.77. The first-order chi connectivity index (χ1) is 15.2. The monoisotopic (exact) mass is 444 g/mol. The number of ketones is 1. The Bertz CT molecular complexity index is 1120. The maximum absolute atomic E-state index is 15.4. The average molecular weight is 444 g/mol. The van der Waals surface area contributed by atoms with Gasteiger partial charge in [-0.15, -0.1) is 0 Å². The molecule has 0 saturated heterocycles. The van der Waals surface area contributed by atoms with Gasteiger partial charge in [-0.2, -0.15) is 13.9 Å². The molecule has 5 nitrogen and oxygen atoms in total. The SMILES string of the molecule is Cc1ccc(C(=O)c2ccc(C(F)(F)C(CN/C=N\N)c3ccc(F)cc3F)nc2)cc1. The minimum atomic E-state index is -3.67. The molecule has 0 fully saturated rings. The van der Waals surface area contributed by atoms with Crippen LogP contribution in [0.1, 0.15) is 38.7 Å². The Kier molecular flexibility index (Phi) is 6.87. The molecule has 2 aromatic carbocycles. The van der Waals surface area contributed by atoms with Crippen LogP contribution in [0.2, 0.25) is 0 Å². The van der Waals surface area contributed by atoms with Crippen LogP contribution in [0, 0.1) is 18.6 Å². The van der Waals surface area contributed by atoms with E-state index in [2.05, 4.69) is 15.4 Å². The third kappa shape index (κ3) is 4.93. The van der Waals surface area contributed by atoms with Crippen molar-refractivity contribution in [3.8, 4) is 0 Å². The molecule has 3 N–H and O–H groups in total. The summed E-state index contributed by atoms with van der Waals surface area (Å²) in [6.45, 7) is 1.42. The van der Waals surface area contributed by atoms with Gasteiger partial charge in [-0.25, -0.2) is 8.78 Å². The van der Waals surface area contributed by atoms with Crippen molar-refractivity contribution < 1.29 is 22.4 Å². The van der Waals surface area contributed by atoms with Gasteiger partial charge in [-0.05, 0) is 30.7 Å². The van der Waals surface area contributed by atoms with E-state index >= 15 is 8.78 Å². The number of pyridine rings is 1. The van der Waals surface area contributed by atoms with Crippen LogP contribution >= 0.6 is 0 Å². The van der Waals surface area contributed by atoms with Crippen molar-refractivity contribution in [1.29, 1.82) is 0 Å². The van der Waals surface area contributed by atoms with Crippen LogP contribution in [0.5, 0.6) is 0 Å². The zero-order valence-corrected chi connectivity index (χ0v) is 17.0. The van der Waals surface area contributed by atoms with E-state index in [1.54, 1.807) is 24.3 Å². The van der Waals surface area contributed by atoms with Crippen LogP contribution in [0.3, 0.4) is 0 Å². The van der Waals surface area contributed by atoms with Crippen molar-refractivity contribution in [2.24, 2.45) is 10.9 Å². The van der Waals surface area contributed by atoms with Crippen LogP contribution < -0.4 is 11.2 Å². The third-order valence-electron chi connectivity index (χ3n) is 4.94. The van der Waals surface area contributed by atoms with E-state index in [4.69, 9.17) is 5.84 Å². The van der Waals surface area contributed by atoms with Crippen molar-refractivity contribution in [1.82, 2.24) is 10.3 Å². The van der Waals surface area contributed by atoms with Gasteiger partial charge in [0.05, 0.1) is 5.92 Å². The molecule has 0 aliphatic carbocycles. The number of nitrogens with two attached hydrogens (primary N) is 1. The van der Waals surface area contributed by atoms with Gasteiger partial charge in [0.25, 0.3) is 5.92 Å². The number of nitrogens with zero attached hydrogens (tertiary/aromatic N) is 2. The molecule has 32 heavy (non-hydrogen) atoms. The van der Waals surface area contributed by atoms with E-state index in [9.17, 15) is 13.6 Å². The summed E-state index contributed by atoms with van der Waals surface area (Å²) in [4.78, 5) is 16.4. The molecular weight excluding hydrogens is 424 g/mol. The fourth-order valence-electron chi connectivity index (χ4n) is 3.22. The smallest absolute Gasteiger partial charge is 0.298 e. The second kappa shape index (κ2) is 9.59. The fraction of sp³-hybridized carbons (Fsp3) is 0.174. The number of aromatic nitrogens is 1. The lowest BCUT2D eigenvalue weighted by Crippen LogP contribution is -2.34. The number of nitrogens with one attached hydrogen (secondary N) is 1. The first kappa shape index (κ1) is 22.9. The number of carbonyl (C=O) groups excluding carboxylic acids is 1. The maximum Gasteiger partial charge on any atom is 0.298 e. The fourth-order valence-corrected chi connectivity index (χ4v) is 3.22. The van der Waals surface area contributed by atoms with Crippen LogP contribution in [0.15, 0.2) is 65.9 Å². The summed E-state index contributed by atoms with van der Waals surface area (Å²) < 4.78 is 58.4. The minimum Gasteiger partial charge on any atom is -0.374 e. The number of hydrogen-bond donors (Lipinski definition) is 2. The highest BCUT2D eigenvalue weighted by Gasteiger charge is 2.44. The second-order valence-electron chi connectivity index (χ2n) is 7.16. The molecule has 0 saturated carbocycles. The zero-order chi connectivity index (χ0) is 23.3.